The monoisotopic (exact) mass is 422 g/mol. The summed E-state index contributed by atoms with van der Waals surface area (Å²) in [6.45, 7) is 6.90. The number of carbonyl (C=O) groups is 1. The van der Waals surface area contributed by atoms with Gasteiger partial charge in [0.15, 0.2) is 11.5 Å². The van der Waals surface area contributed by atoms with Crippen LogP contribution in [0.2, 0.25) is 0 Å². The molecule has 0 spiro atoms. The molecule has 0 aliphatic heterocycles. The molecule has 0 radical (unpaired) electrons. The van der Waals surface area contributed by atoms with Crippen LogP contribution in [-0.4, -0.2) is 38.3 Å². The summed E-state index contributed by atoms with van der Waals surface area (Å²) in [5.74, 6) is 1.23. The maximum atomic E-state index is 12.8. The number of aromatic nitrogens is 1. The van der Waals surface area contributed by atoms with Crippen molar-refractivity contribution in [1.82, 2.24) is 10.3 Å². The molecule has 1 unspecified atom stereocenters. The molecule has 0 saturated heterocycles. The Morgan fingerprint density at radius 3 is 2.58 bits per heavy atom. The molecule has 164 valence electrons. The number of aryl methyl sites for hydroxylation is 2. The van der Waals surface area contributed by atoms with Gasteiger partial charge in [-0.05, 0) is 55.7 Å². The highest BCUT2D eigenvalue weighted by Crippen LogP contribution is 2.30. The van der Waals surface area contributed by atoms with Crippen molar-refractivity contribution in [2.75, 3.05) is 27.4 Å². The van der Waals surface area contributed by atoms with Gasteiger partial charge < -0.3 is 19.5 Å². The lowest BCUT2D eigenvalue weighted by Crippen LogP contribution is -2.28. The number of nitrogens with zero attached hydrogens (tertiary/aromatic N) is 1. The van der Waals surface area contributed by atoms with Crippen LogP contribution < -0.4 is 14.8 Å². The van der Waals surface area contributed by atoms with Gasteiger partial charge in [0, 0.05) is 18.2 Å². The first-order valence-electron chi connectivity index (χ1n) is 10.4. The molecule has 6 nitrogen and oxygen atoms in total. The number of hydrogen-bond donors (Lipinski definition) is 1. The summed E-state index contributed by atoms with van der Waals surface area (Å²) >= 11 is 0. The van der Waals surface area contributed by atoms with Gasteiger partial charge >= 0.3 is 0 Å². The topological polar surface area (TPSA) is 69.7 Å². The van der Waals surface area contributed by atoms with Gasteiger partial charge in [-0.3, -0.25) is 9.78 Å². The quantitative estimate of drug-likeness (QED) is 0.521. The summed E-state index contributed by atoms with van der Waals surface area (Å²) in [4.78, 5) is 17.5. The number of pyridine rings is 1. The number of rotatable bonds is 9. The number of nitrogens with one attached hydrogen (secondary N) is 1. The Bertz CT molecular complexity index is 1060. The normalized spacial score (nSPS) is 11.9. The molecule has 3 rings (SSSR count). The van der Waals surface area contributed by atoms with Crippen molar-refractivity contribution in [3.05, 3.63) is 64.8 Å². The Hall–Kier alpha value is -3.12. The van der Waals surface area contributed by atoms with E-state index >= 15 is 0 Å². The van der Waals surface area contributed by atoms with Gasteiger partial charge in [0.1, 0.15) is 6.61 Å². The van der Waals surface area contributed by atoms with Crippen molar-refractivity contribution in [2.24, 2.45) is 0 Å². The minimum absolute atomic E-state index is 0.0461. The lowest BCUT2D eigenvalue weighted by molar-refractivity contribution is -0.121. The molecule has 0 fully saturated rings. The van der Waals surface area contributed by atoms with E-state index in [1.54, 1.807) is 14.2 Å². The van der Waals surface area contributed by atoms with Gasteiger partial charge in [0.2, 0.25) is 5.91 Å². The first-order chi connectivity index (χ1) is 14.9. The third-order valence-electron chi connectivity index (χ3n) is 5.43. The summed E-state index contributed by atoms with van der Waals surface area (Å²) in [7, 11) is 3.23. The first-order valence-corrected chi connectivity index (χ1v) is 10.4. The average molecular weight is 423 g/mol. The molecule has 2 aromatic carbocycles. The molecule has 6 heteroatoms. The van der Waals surface area contributed by atoms with E-state index in [0.29, 0.717) is 24.7 Å². The largest absolute Gasteiger partial charge is 0.493 e. The SMILES string of the molecule is COCCOc1ccc(C(C)NC(=O)Cc2c(C)nc3ccccc3c2C)cc1OC. The van der Waals surface area contributed by atoms with Crippen molar-refractivity contribution in [1.29, 1.82) is 0 Å². The van der Waals surface area contributed by atoms with Crippen LogP contribution in [-0.2, 0) is 16.0 Å². The molecule has 0 saturated carbocycles. The van der Waals surface area contributed by atoms with Crippen LogP contribution in [0.4, 0.5) is 0 Å². The van der Waals surface area contributed by atoms with Gasteiger partial charge in [-0.1, -0.05) is 24.3 Å². The lowest BCUT2D eigenvalue weighted by Gasteiger charge is -2.18. The summed E-state index contributed by atoms with van der Waals surface area (Å²) in [5.41, 5.74) is 4.86. The maximum absolute atomic E-state index is 12.8. The Labute approximate surface area is 183 Å². The minimum atomic E-state index is -0.177. The fourth-order valence-corrected chi connectivity index (χ4v) is 3.67. The van der Waals surface area contributed by atoms with E-state index < -0.39 is 0 Å². The molecule has 1 N–H and O–H groups in total. The molecular weight excluding hydrogens is 392 g/mol. The standard InChI is InChI=1S/C25H30N2O4/c1-16-20-8-6-7-9-22(20)26-18(3)21(16)15-25(28)27-17(2)19-10-11-23(24(14-19)30-5)31-13-12-29-4/h6-11,14,17H,12-13,15H2,1-5H3,(H,27,28). The van der Waals surface area contributed by atoms with Crippen LogP contribution in [0.1, 0.15) is 35.3 Å². The highest BCUT2D eigenvalue weighted by atomic mass is 16.5. The van der Waals surface area contributed by atoms with Crippen LogP contribution >= 0.6 is 0 Å². The third kappa shape index (κ3) is 5.33. The molecular formula is C25H30N2O4. The number of fused-ring (bicyclic) bond motifs is 1. The third-order valence-corrected chi connectivity index (χ3v) is 5.43. The maximum Gasteiger partial charge on any atom is 0.224 e. The van der Waals surface area contributed by atoms with Crippen molar-refractivity contribution in [3.63, 3.8) is 0 Å². The fraction of sp³-hybridized carbons (Fsp3) is 0.360. The number of methoxy groups -OCH3 is 2. The first kappa shape index (κ1) is 22.6. The van der Waals surface area contributed by atoms with E-state index in [4.69, 9.17) is 14.2 Å². The molecule has 1 amide bonds. The number of para-hydroxylation sites is 1. The van der Waals surface area contributed by atoms with Crippen LogP contribution in [0.25, 0.3) is 10.9 Å². The van der Waals surface area contributed by atoms with E-state index in [1.165, 1.54) is 0 Å². The number of ether oxygens (including phenoxy) is 3. The van der Waals surface area contributed by atoms with Crippen molar-refractivity contribution < 1.29 is 19.0 Å². The van der Waals surface area contributed by atoms with E-state index in [0.717, 1.165) is 33.3 Å². The predicted octanol–water partition coefficient (Wildman–Crippen LogP) is 4.31. The zero-order chi connectivity index (χ0) is 22.4. The molecule has 31 heavy (non-hydrogen) atoms. The summed E-state index contributed by atoms with van der Waals surface area (Å²) < 4.78 is 16.1. The minimum Gasteiger partial charge on any atom is -0.493 e. The lowest BCUT2D eigenvalue weighted by atomic mass is 9.99. The van der Waals surface area contributed by atoms with Crippen LogP contribution in [0.5, 0.6) is 11.5 Å². The van der Waals surface area contributed by atoms with E-state index in [-0.39, 0.29) is 18.4 Å². The molecule has 1 heterocycles. The molecule has 0 aliphatic rings. The zero-order valence-corrected chi connectivity index (χ0v) is 18.8. The van der Waals surface area contributed by atoms with Crippen LogP contribution in [0.3, 0.4) is 0 Å². The van der Waals surface area contributed by atoms with Crippen LogP contribution in [0, 0.1) is 13.8 Å². The molecule has 0 bridgehead atoms. The molecule has 0 aliphatic carbocycles. The number of amides is 1. The van der Waals surface area contributed by atoms with Crippen molar-refractivity contribution in [3.8, 4) is 11.5 Å². The highest BCUT2D eigenvalue weighted by Gasteiger charge is 2.16. The summed E-state index contributed by atoms with van der Waals surface area (Å²) in [5, 5.41) is 4.17. The van der Waals surface area contributed by atoms with Crippen molar-refractivity contribution in [2.45, 2.75) is 33.2 Å². The Morgan fingerprint density at radius 1 is 1.06 bits per heavy atom. The van der Waals surface area contributed by atoms with Gasteiger partial charge in [-0.2, -0.15) is 0 Å². The number of benzene rings is 2. The molecule has 3 aromatic rings. The van der Waals surface area contributed by atoms with Crippen molar-refractivity contribution >= 4 is 16.8 Å². The summed E-state index contributed by atoms with van der Waals surface area (Å²) in [6.07, 6.45) is 0.287. The Morgan fingerprint density at radius 2 is 1.84 bits per heavy atom. The Kier molecular flexibility index (Phi) is 7.47. The number of carbonyl (C=O) groups excluding carboxylic acids is 1. The highest BCUT2D eigenvalue weighted by molar-refractivity contribution is 5.86. The van der Waals surface area contributed by atoms with E-state index in [1.807, 2.05) is 56.3 Å². The molecule has 1 atom stereocenters. The number of hydrogen-bond acceptors (Lipinski definition) is 5. The van der Waals surface area contributed by atoms with Gasteiger partial charge in [-0.25, -0.2) is 0 Å². The Balaban J connectivity index is 1.72. The van der Waals surface area contributed by atoms with E-state index in [2.05, 4.69) is 17.2 Å². The molecule has 1 aromatic heterocycles. The van der Waals surface area contributed by atoms with Crippen LogP contribution in [0.15, 0.2) is 42.5 Å². The second-order valence-electron chi connectivity index (χ2n) is 7.54. The van der Waals surface area contributed by atoms with E-state index in [9.17, 15) is 4.79 Å². The van der Waals surface area contributed by atoms with Gasteiger partial charge in [-0.15, -0.1) is 0 Å². The predicted molar refractivity (Wildman–Crippen MR) is 122 cm³/mol. The van der Waals surface area contributed by atoms with Gasteiger partial charge in [0.25, 0.3) is 0 Å². The smallest absolute Gasteiger partial charge is 0.224 e. The zero-order valence-electron chi connectivity index (χ0n) is 18.8. The fourth-order valence-electron chi connectivity index (χ4n) is 3.67. The van der Waals surface area contributed by atoms with Gasteiger partial charge in [0.05, 0.1) is 31.7 Å². The summed E-state index contributed by atoms with van der Waals surface area (Å²) in [6, 6.07) is 13.5. The average Bonchev–Trinajstić information content (AvgIpc) is 2.77. The second-order valence-corrected chi connectivity index (χ2v) is 7.54. The second kappa shape index (κ2) is 10.3.